The van der Waals surface area contributed by atoms with Gasteiger partial charge in [0.2, 0.25) is 0 Å². The molecule has 7 nitrogen and oxygen atoms in total. The van der Waals surface area contributed by atoms with Gasteiger partial charge in [0, 0.05) is 12.0 Å². The highest BCUT2D eigenvalue weighted by atomic mass is 16.6. The van der Waals surface area contributed by atoms with Crippen LogP contribution in [0.3, 0.4) is 0 Å². The quantitative estimate of drug-likeness (QED) is 0.278. The van der Waals surface area contributed by atoms with Gasteiger partial charge < -0.3 is 29.9 Å². The van der Waals surface area contributed by atoms with Gasteiger partial charge in [0.15, 0.2) is 5.60 Å². The predicted molar refractivity (Wildman–Crippen MR) is 78.3 cm³/mol. The molecular formula is C15H25NO6. The summed E-state index contributed by atoms with van der Waals surface area (Å²) in [5.74, 6) is -1.44. The fraction of sp³-hybridized carbons (Fsp3) is 0.800. The molecule has 0 radical (unpaired) electrons. The van der Waals surface area contributed by atoms with Crippen molar-refractivity contribution in [1.29, 1.82) is 0 Å². The third-order valence-corrected chi connectivity index (χ3v) is 4.93. The number of quaternary nitrogens is 1. The zero-order valence-corrected chi connectivity index (χ0v) is 13.2. The molecule has 0 aromatic rings. The van der Waals surface area contributed by atoms with Gasteiger partial charge in [-0.3, -0.25) is 0 Å². The van der Waals surface area contributed by atoms with Crippen LogP contribution in [0.15, 0.2) is 11.6 Å². The molecule has 126 valence electrons. The topological polar surface area (TPSA) is 110 Å². The van der Waals surface area contributed by atoms with Gasteiger partial charge in [0.1, 0.15) is 18.8 Å². The van der Waals surface area contributed by atoms with Crippen LogP contribution in [0.1, 0.15) is 27.2 Å². The summed E-state index contributed by atoms with van der Waals surface area (Å²) >= 11 is 0. The van der Waals surface area contributed by atoms with Gasteiger partial charge in [-0.2, -0.15) is 0 Å². The lowest BCUT2D eigenvalue weighted by Crippen LogP contribution is -2.53. The zero-order valence-electron chi connectivity index (χ0n) is 13.2. The molecule has 2 rings (SSSR count). The van der Waals surface area contributed by atoms with E-state index in [4.69, 9.17) is 4.74 Å². The molecule has 1 saturated heterocycles. The SMILES string of the molecule is CC(C)C(O)(C(=O)OCC1=CC[N+]2([O-])CCC(O)C12)C(C)O. The molecule has 0 aromatic carbocycles. The minimum atomic E-state index is -1.99. The lowest BCUT2D eigenvalue weighted by atomic mass is 9.85. The molecule has 1 fully saturated rings. The van der Waals surface area contributed by atoms with Crippen LogP contribution < -0.4 is 0 Å². The van der Waals surface area contributed by atoms with Crippen molar-refractivity contribution < 1.29 is 29.5 Å². The molecule has 0 saturated carbocycles. The van der Waals surface area contributed by atoms with Crippen molar-refractivity contribution in [2.24, 2.45) is 5.92 Å². The van der Waals surface area contributed by atoms with E-state index in [0.717, 1.165) is 0 Å². The van der Waals surface area contributed by atoms with Crippen molar-refractivity contribution >= 4 is 5.97 Å². The molecule has 0 amide bonds. The minimum Gasteiger partial charge on any atom is -0.632 e. The molecule has 2 aliphatic heterocycles. The molecule has 0 bridgehead atoms. The number of nitrogens with zero attached hydrogens (tertiary/aromatic N) is 1. The van der Waals surface area contributed by atoms with E-state index in [0.29, 0.717) is 18.5 Å². The molecule has 0 aliphatic carbocycles. The molecule has 0 aromatic heterocycles. The maximum atomic E-state index is 12.4. The van der Waals surface area contributed by atoms with E-state index < -0.39 is 40.4 Å². The van der Waals surface area contributed by atoms with Gasteiger partial charge in [-0.1, -0.05) is 13.8 Å². The Bertz CT molecular complexity index is 467. The Morgan fingerprint density at radius 3 is 2.73 bits per heavy atom. The number of hydrogen-bond acceptors (Lipinski definition) is 6. The number of fused-ring (bicyclic) bond motifs is 1. The van der Waals surface area contributed by atoms with E-state index in [1.54, 1.807) is 19.9 Å². The molecule has 0 spiro atoms. The number of hydroxylamine groups is 3. The van der Waals surface area contributed by atoms with Crippen LogP contribution >= 0.6 is 0 Å². The highest BCUT2D eigenvalue weighted by molar-refractivity contribution is 5.80. The van der Waals surface area contributed by atoms with Crippen molar-refractivity contribution in [1.82, 2.24) is 0 Å². The average molecular weight is 315 g/mol. The largest absolute Gasteiger partial charge is 0.632 e. The Labute approximate surface area is 130 Å². The van der Waals surface area contributed by atoms with Crippen LogP contribution in [0.4, 0.5) is 0 Å². The number of carbonyl (C=O) groups excluding carboxylic acids is 1. The van der Waals surface area contributed by atoms with Gasteiger partial charge in [0.25, 0.3) is 0 Å². The summed E-state index contributed by atoms with van der Waals surface area (Å²) in [6.07, 6.45) is 0.127. The normalized spacial score (nSPS) is 35.0. The van der Waals surface area contributed by atoms with Gasteiger partial charge >= 0.3 is 5.97 Å². The number of carbonyl (C=O) groups is 1. The number of aliphatic hydroxyl groups is 3. The summed E-state index contributed by atoms with van der Waals surface area (Å²) in [6.45, 7) is 5.02. The number of rotatable bonds is 5. The third kappa shape index (κ3) is 2.68. The van der Waals surface area contributed by atoms with Crippen molar-refractivity contribution in [2.45, 2.75) is 51.0 Å². The molecule has 5 atom stereocenters. The highest BCUT2D eigenvalue weighted by Gasteiger charge is 2.49. The number of hydrogen-bond donors (Lipinski definition) is 3. The molecule has 2 aliphatic rings. The Balaban J connectivity index is 2.03. The van der Waals surface area contributed by atoms with E-state index in [1.807, 2.05) is 0 Å². The average Bonchev–Trinajstić information content (AvgIpc) is 2.92. The van der Waals surface area contributed by atoms with E-state index >= 15 is 0 Å². The second-order valence-electron chi connectivity index (χ2n) is 6.67. The van der Waals surface area contributed by atoms with Crippen molar-refractivity contribution in [3.8, 4) is 0 Å². The van der Waals surface area contributed by atoms with E-state index in [1.165, 1.54) is 6.92 Å². The first-order valence-corrected chi connectivity index (χ1v) is 7.65. The van der Waals surface area contributed by atoms with Gasteiger partial charge in [0.05, 0.1) is 19.2 Å². The molecule has 3 N–H and O–H groups in total. The second-order valence-corrected chi connectivity index (χ2v) is 6.67. The Kier molecular flexibility index (Phi) is 4.66. The van der Waals surface area contributed by atoms with Gasteiger partial charge in [-0.15, -0.1) is 0 Å². The van der Waals surface area contributed by atoms with Crippen molar-refractivity contribution in [2.75, 3.05) is 19.7 Å². The molecule has 5 unspecified atom stereocenters. The summed E-state index contributed by atoms with van der Waals surface area (Å²) in [5, 5.41) is 42.4. The third-order valence-electron chi connectivity index (χ3n) is 4.93. The summed E-state index contributed by atoms with van der Waals surface area (Å²) in [6, 6.07) is -0.591. The first kappa shape index (κ1) is 17.4. The zero-order chi connectivity index (χ0) is 16.7. The fourth-order valence-electron chi connectivity index (χ4n) is 3.41. The second kappa shape index (κ2) is 5.90. The molecular weight excluding hydrogens is 290 g/mol. The van der Waals surface area contributed by atoms with E-state index in [9.17, 15) is 25.3 Å². The van der Waals surface area contributed by atoms with Crippen molar-refractivity contribution in [3.63, 3.8) is 0 Å². The summed E-state index contributed by atoms with van der Waals surface area (Å²) in [5.41, 5.74) is -1.40. The lowest BCUT2D eigenvalue weighted by molar-refractivity contribution is -0.877. The Morgan fingerprint density at radius 2 is 2.18 bits per heavy atom. The molecule has 22 heavy (non-hydrogen) atoms. The van der Waals surface area contributed by atoms with Crippen LogP contribution in [-0.4, -0.2) is 69.5 Å². The van der Waals surface area contributed by atoms with E-state index in [-0.39, 0.29) is 13.2 Å². The van der Waals surface area contributed by atoms with E-state index in [2.05, 4.69) is 0 Å². The lowest BCUT2D eigenvalue weighted by Gasteiger charge is -2.40. The monoisotopic (exact) mass is 315 g/mol. The van der Waals surface area contributed by atoms with Gasteiger partial charge in [-0.25, -0.2) is 4.79 Å². The van der Waals surface area contributed by atoms with Gasteiger partial charge in [-0.05, 0) is 18.9 Å². The summed E-state index contributed by atoms with van der Waals surface area (Å²) in [4.78, 5) is 12.2. The summed E-state index contributed by atoms with van der Waals surface area (Å²) < 4.78 is 4.64. The summed E-state index contributed by atoms with van der Waals surface area (Å²) in [7, 11) is 0. The standard InChI is InChI=1S/C15H25NO6/c1-9(2)15(20,10(3)17)14(19)22-8-11-4-6-16(21)7-5-12(18)13(11)16/h4,9-10,12-13,17-18,20H,5-8H2,1-3H3. The van der Waals surface area contributed by atoms with Crippen LogP contribution in [-0.2, 0) is 9.53 Å². The Morgan fingerprint density at radius 1 is 1.55 bits per heavy atom. The van der Waals surface area contributed by atoms with Crippen LogP contribution in [0.25, 0.3) is 0 Å². The fourth-order valence-corrected chi connectivity index (χ4v) is 3.41. The maximum absolute atomic E-state index is 12.4. The van der Waals surface area contributed by atoms with Crippen LogP contribution in [0, 0.1) is 11.1 Å². The molecule has 2 heterocycles. The van der Waals surface area contributed by atoms with Crippen LogP contribution in [0.5, 0.6) is 0 Å². The minimum absolute atomic E-state index is 0.148. The first-order chi connectivity index (χ1) is 10.1. The smallest absolute Gasteiger partial charge is 0.341 e. The number of aliphatic hydroxyl groups excluding tert-OH is 2. The highest BCUT2D eigenvalue weighted by Crippen LogP contribution is 2.36. The number of esters is 1. The Hall–Kier alpha value is -0.990. The number of ether oxygens (including phenoxy) is 1. The predicted octanol–water partition coefficient (Wildman–Crippen LogP) is -0.315. The first-order valence-electron chi connectivity index (χ1n) is 7.65. The van der Waals surface area contributed by atoms with Crippen molar-refractivity contribution in [3.05, 3.63) is 16.9 Å². The van der Waals surface area contributed by atoms with Crippen LogP contribution in [0.2, 0.25) is 0 Å². The molecule has 7 heteroatoms. The maximum Gasteiger partial charge on any atom is 0.341 e.